The van der Waals surface area contributed by atoms with Gasteiger partial charge in [0.15, 0.2) is 6.29 Å². The first-order valence-corrected chi connectivity index (χ1v) is 9.91. The molecule has 0 N–H and O–H groups in total. The molecule has 4 heteroatoms. The average molecular weight is 352 g/mol. The van der Waals surface area contributed by atoms with E-state index in [9.17, 15) is 0 Å². The first-order chi connectivity index (χ1) is 11.4. The zero-order valence-electron chi connectivity index (χ0n) is 15.6. The number of benzene rings is 1. The van der Waals surface area contributed by atoms with E-state index in [1.165, 1.54) is 5.56 Å². The van der Waals surface area contributed by atoms with Crippen LogP contribution >= 0.6 is 9.24 Å². The monoisotopic (exact) mass is 352 g/mol. The molecular weight excluding hydrogens is 319 g/mol. The third-order valence-corrected chi connectivity index (χ3v) is 5.01. The van der Waals surface area contributed by atoms with E-state index < -0.39 is 0 Å². The smallest absolute Gasteiger partial charge is 0.200 e. The molecule has 0 saturated carbocycles. The van der Waals surface area contributed by atoms with Crippen LogP contribution in [0.15, 0.2) is 24.3 Å². The van der Waals surface area contributed by atoms with Gasteiger partial charge in [0.05, 0.1) is 12.7 Å². The van der Waals surface area contributed by atoms with Crippen molar-refractivity contribution in [2.24, 2.45) is 11.3 Å². The molecule has 1 aromatic rings. The number of ether oxygens (including phenoxy) is 3. The Bertz CT molecular complexity index is 478. The summed E-state index contributed by atoms with van der Waals surface area (Å²) in [5.41, 5.74) is 1.32. The van der Waals surface area contributed by atoms with Crippen LogP contribution in [-0.2, 0) is 15.6 Å². The van der Waals surface area contributed by atoms with Gasteiger partial charge in [0.1, 0.15) is 5.75 Å². The minimum Gasteiger partial charge on any atom is -0.465 e. The van der Waals surface area contributed by atoms with Gasteiger partial charge in [-0.1, -0.05) is 39.8 Å². The van der Waals surface area contributed by atoms with Crippen LogP contribution < -0.4 is 4.74 Å². The lowest BCUT2D eigenvalue weighted by Gasteiger charge is -2.34. The predicted molar refractivity (Wildman–Crippen MR) is 102 cm³/mol. The molecule has 136 valence electrons. The van der Waals surface area contributed by atoms with Gasteiger partial charge in [-0.3, -0.25) is 0 Å². The second kappa shape index (κ2) is 9.17. The quantitative estimate of drug-likeness (QED) is 0.460. The predicted octanol–water partition coefficient (Wildman–Crippen LogP) is 5.03. The Morgan fingerprint density at radius 2 is 1.96 bits per heavy atom. The van der Waals surface area contributed by atoms with E-state index in [1.807, 2.05) is 12.1 Å². The van der Waals surface area contributed by atoms with Crippen molar-refractivity contribution in [1.29, 1.82) is 0 Å². The third kappa shape index (κ3) is 6.02. The van der Waals surface area contributed by atoms with Gasteiger partial charge in [-0.15, -0.1) is 9.24 Å². The van der Waals surface area contributed by atoms with Crippen molar-refractivity contribution in [2.75, 3.05) is 13.2 Å². The summed E-state index contributed by atoms with van der Waals surface area (Å²) in [5, 5.41) is 0. The van der Waals surface area contributed by atoms with Crippen molar-refractivity contribution >= 4 is 9.24 Å². The molecule has 1 aliphatic heterocycles. The van der Waals surface area contributed by atoms with Crippen LogP contribution in [0.25, 0.3) is 0 Å². The largest absolute Gasteiger partial charge is 0.465 e. The van der Waals surface area contributed by atoms with E-state index in [-0.39, 0.29) is 11.7 Å². The molecule has 0 aliphatic carbocycles. The van der Waals surface area contributed by atoms with Crippen molar-refractivity contribution in [2.45, 2.75) is 65.5 Å². The first-order valence-electron chi connectivity index (χ1n) is 9.09. The van der Waals surface area contributed by atoms with Crippen molar-refractivity contribution in [3.05, 3.63) is 29.8 Å². The molecular formula is C20H33O3P. The van der Waals surface area contributed by atoms with Crippen LogP contribution in [0.1, 0.15) is 52.5 Å². The first kappa shape index (κ1) is 19.7. The molecule has 3 unspecified atom stereocenters. The SMILES string of the molecule is CC(C)COC(CC(C)(C)C1CCCO1)Oc1ccc(CP)cc1. The molecule has 0 aromatic heterocycles. The highest BCUT2D eigenvalue weighted by Gasteiger charge is 2.36. The molecule has 24 heavy (non-hydrogen) atoms. The highest BCUT2D eigenvalue weighted by Crippen LogP contribution is 2.36. The summed E-state index contributed by atoms with van der Waals surface area (Å²) in [7, 11) is 2.74. The van der Waals surface area contributed by atoms with Gasteiger partial charge in [-0.05, 0) is 48.0 Å². The fourth-order valence-electron chi connectivity index (χ4n) is 3.05. The van der Waals surface area contributed by atoms with E-state index >= 15 is 0 Å². The summed E-state index contributed by atoms with van der Waals surface area (Å²) >= 11 is 0. The molecule has 3 nitrogen and oxygen atoms in total. The van der Waals surface area contributed by atoms with Gasteiger partial charge in [0.25, 0.3) is 0 Å². The van der Waals surface area contributed by atoms with Gasteiger partial charge in [0.2, 0.25) is 0 Å². The highest BCUT2D eigenvalue weighted by atomic mass is 31.0. The van der Waals surface area contributed by atoms with Crippen molar-refractivity contribution in [1.82, 2.24) is 0 Å². The third-order valence-electron chi connectivity index (χ3n) is 4.54. The van der Waals surface area contributed by atoms with Crippen molar-refractivity contribution < 1.29 is 14.2 Å². The summed E-state index contributed by atoms with van der Waals surface area (Å²) < 4.78 is 18.2. The highest BCUT2D eigenvalue weighted by molar-refractivity contribution is 7.15. The zero-order valence-corrected chi connectivity index (χ0v) is 16.7. The minimum absolute atomic E-state index is 0.0398. The lowest BCUT2D eigenvalue weighted by molar-refractivity contribution is -0.124. The van der Waals surface area contributed by atoms with Gasteiger partial charge >= 0.3 is 0 Å². The van der Waals surface area contributed by atoms with E-state index in [2.05, 4.69) is 49.1 Å². The van der Waals surface area contributed by atoms with Crippen LogP contribution in [0.3, 0.4) is 0 Å². The molecule has 0 spiro atoms. The number of hydrogen-bond donors (Lipinski definition) is 0. The molecule has 1 fully saturated rings. The Labute approximate surface area is 149 Å². The molecule has 1 heterocycles. The summed E-state index contributed by atoms with van der Waals surface area (Å²) in [6, 6.07) is 8.27. The molecule has 1 saturated heterocycles. The zero-order chi connectivity index (χ0) is 17.6. The Balaban J connectivity index is 2.02. The lowest BCUT2D eigenvalue weighted by Crippen LogP contribution is -2.36. The minimum atomic E-state index is -0.242. The maximum Gasteiger partial charge on any atom is 0.200 e. The van der Waals surface area contributed by atoms with Crippen molar-refractivity contribution in [3.63, 3.8) is 0 Å². The van der Waals surface area contributed by atoms with Crippen LogP contribution in [0.2, 0.25) is 0 Å². The summed E-state index contributed by atoms with van der Waals surface area (Å²) in [4.78, 5) is 0. The molecule has 2 rings (SSSR count). The Morgan fingerprint density at radius 1 is 1.25 bits per heavy atom. The summed E-state index contributed by atoms with van der Waals surface area (Å²) in [6.07, 6.45) is 4.13. The topological polar surface area (TPSA) is 27.7 Å². The molecule has 1 aliphatic rings. The van der Waals surface area contributed by atoms with Crippen LogP contribution in [0.4, 0.5) is 0 Å². The Hall–Kier alpha value is -0.630. The second-order valence-electron chi connectivity index (χ2n) is 7.82. The maximum atomic E-state index is 6.18. The second-order valence-corrected chi connectivity index (χ2v) is 8.23. The van der Waals surface area contributed by atoms with E-state index in [1.54, 1.807) is 0 Å². The van der Waals surface area contributed by atoms with Crippen LogP contribution in [0.5, 0.6) is 5.75 Å². The number of hydrogen-bond acceptors (Lipinski definition) is 3. The molecule has 0 radical (unpaired) electrons. The van der Waals surface area contributed by atoms with Crippen molar-refractivity contribution in [3.8, 4) is 5.75 Å². The molecule has 0 bridgehead atoms. The van der Waals surface area contributed by atoms with Gasteiger partial charge in [0, 0.05) is 13.0 Å². The average Bonchev–Trinajstić information content (AvgIpc) is 3.08. The normalized spacial score (nSPS) is 19.7. The van der Waals surface area contributed by atoms with Gasteiger partial charge in [-0.2, -0.15) is 0 Å². The molecule has 3 atom stereocenters. The fraction of sp³-hybridized carbons (Fsp3) is 0.700. The standard InChI is InChI=1S/C20H33O3P/c1-15(2)13-22-19(12-20(3,4)18-6-5-11-21-18)23-17-9-7-16(14-24)8-10-17/h7-10,15,18-19H,5-6,11-14,24H2,1-4H3. The Morgan fingerprint density at radius 3 is 2.50 bits per heavy atom. The van der Waals surface area contributed by atoms with Gasteiger partial charge in [-0.25, -0.2) is 0 Å². The van der Waals surface area contributed by atoms with E-state index in [0.717, 1.165) is 37.8 Å². The van der Waals surface area contributed by atoms with E-state index in [4.69, 9.17) is 14.2 Å². The Kier molecular flexibility index (Phi) is 7.53. The molecule has 1 aromatic carbocycles. The van der Waals surface area contributed by atoms with Gasteiger partial charge < -0.3 is 14.2 Å². The summed E-state index contributed by atoms with van der Waals surface area (Å²) in [6.45, 7) is 10.4. The van der Waals surface area contributed by atoms with E-state index in [0.29, 0.717) is 18.6 Å². The number of rotatable bonds is 9. The summed E-state index contributed by atoms with van der Waals surface area (Å²) in [5.74, 6) is 1.36. The van der Waals surface area contributed by atoms with Crippen LogP contribution in [0, 0.1) is 11.3 Å². The lowest BCUT2D eigenvalue weighted by atomic mass is 9.81. The molecule has 0 amide bonds. The maximum absolute atomic E-state index is 6.18. The van der Waals surface area contributed by atoms with Crippen LogP contribution in [-0.4, -0.2) is 25.6 Å². The fourth-order valence-corrected chi connectivity index (χ4v) is 3.32.